The number of alkyl halides is 6. The molecule has 2 aromatic carbocycles. The Morgan fingerprint density at radius 3 is 1.56 bits per heavy atom. The third kappa shape index (κ3) is 6.49. The van der Waals surface area contributed by atoms with E-state index < -0.39 is 39.2 Å². The van der Waals surface area contributed by atoms with Crippen molar-refractivity contribution >= 4 is 21.3 Å². The normalized spacial score (nSPS) is 16.5. The molecule has 2 aromatic rings. The number of sulfone groups is 1. The van der Waals surface area contributed by atoms with Crippen LogP contribution in [-0.4, -0.2) is 43.8 Å². The molecule has 1 aliphatic rings. The van der Waals surface area contributed by atoms with Gasteiger partial charge in [0.15, 0.2) is 9.84 Å². The summed E-state index contributed by atoms with van der Waals surface area (Å²) in [5, 5.41) is 0. The van der Waals surface area contributed by atoms with E-state index in [1.807, 2.05) is 0 Å². The van der Waals surface area contributed by atoms with E-state index in [9.17, 15) is 39.6 Å². The number of allylic oxidation sites excluding steroid dienone is 2. The molecule has 182 valence electrons. The molecule has 1 saturated heterocycles. The summed E-state index contributed by atoms with van der Waals surface area (Å²) in [6.45, 7) is 0.0831. The molecule has 0 atom stereocenters. The van der Waals surface area contributed by atoms with Crippen LogP contribution in [0.2, 0.25) is 0 Å². The molecule has 0 saturated carbocycles. The number of carbonyl (C=O) groups is 1. The minimum absolute atomic E-state index is 0.0416. The van der Waals surface area contributed by atoms with Crippen molar-refractivity contribution in [3.63, 3.8) is 0 Å². The van der Waals surface area contributed by atoms with Crippen LogP contribution in [0.1, 0.15) is 22.3 Å². The third-order valence-corrected chi connectivity index (χ3v) is 6.81. The minimum atomic E-state index is -4.55. The second-order valence-electron chi connectivity index (χ2n) is 7.57. The minimum Gasteiger partial charge on any atom is -0.337 e. The van der Waals surface area contributed by atoms with Gasteiger partial charge in [-0.05, 0) is 41.0 Å². The van der Waals surface area contributed by atoms with E-state index in [-0.39, 0.29) is 24.6 Å². The summed E-state index contributed by atoms with van der Waals surface area (Å²) < 4.78 is 100. The van der Waals surface area contributed by atoms with Crippen LogP contribution in [0.15, 0.2) is 66.8 Å². The lowest BCUT2D eigenvalue weighted by molar-refractivity contribution is -0.138. The fourth-order valence-corrected chi connectivity index (χ4v) is 4.50. The number of rotatable bonds is 4. The Kier molecular flexibility index (Phi) is 7.25. The number of carbonyl (C=O) groups excluding carboxylic acids is 1. The van der Waals surface area contributed by atoms with Crippen LogP contribution in [0.4, 0.5) is 26.3 Å². The lowest BCUT2D eigenvalue weighted by Crippen LogP contribution is -2.43. The molecule has 1 heterocycles. The molecule has 0 aliphatic carbocycles. The van der Waals surface area contributed by atoms with Gasteiger partial charge in [0.25, 0.3) is 0 Å². The average Bonchev–Trinajstić information content (AvgIpc) is 2.75. The smallest absolute Gasteiger partial charge is 0.337 e. The van der Waals surface area contributed by atoms with Crippen molar-refractivity contribution in [3.8, 4) is 0 Å². The first-order valence-electron chi connectivity index (χ1n) is 9.99. The van der Waals surface area contributed by atoms with E-state index in [4.69, 9.17) is 0 Å². The van der Waals surface area contributed by atoms with Crippen LogP contribution in [0.25, 0.3) is 5.57 Å². The summed E-state index contributed by atoms with van der Waals surface area (Å²) in [5.41, 5.74) is -0.863. The van der Waals surface area contributed by atoms with E-state index in [1.54, 1.807) is 0 Å². The van der Waals surface area contributed by atoms with Gasteiger partial charge in [0, 0.05) is 19.2 Å². The van der Waals surface area contributed by atoms with Gasteiger partial charge in [-0.3, -0.25) is 4.79 Å². The monoisotopic (exact) mass is 503 g/mol. The van der Waals surface area contributed by atoms with Crippen LogP contribution in [-0.2, 0) is 27.0 Å². The first-order valence-corrected chi connectivity index (χ1v) is 11.8. The maximum atomic E-state index is 12.9. The fraction of sp³-hybridized carbons (Fsp3) is 0.261. The molecule has 0 unspecified atom stereocenters. The SMILES string of the molecule is O=C(C=CC=C(c1ccc(C(F)(F)F)cc1)c1ccc(C(F)(F)F)cc1)N1CCS(=O)(=O)CC1. The van der Waals surface area contributed by atoms with E-state index in [2.05, 4.69) is 0 Å². The molecule has 34 heavy (non-hydrogen) atoms. The van der Waals surface area contributed by atoms with Gasteiger partial charge < -0.3 is 4.90 Å². The highest BCUT2D eigenvalue weighted by atomic mass is 32.2. The molecule has 0 N–H and O–H groups in total. The van der Waals surface area contributed by atoms with Crippen molar-refractivity contribution in [1.82, 2.24) is 4.90 Å². The lowest BCUT2D eigenvalue weighted by atomic mass is 9.95. The van der Waals surface area contributed by atoms with Gasteiger partial charge in [0.1, 0.15) is 0 Å². The number of benzene rings is 2. The molecule has 0 aromatic heterocycles. The van der Waals surface area contributed by atoms with E-state index in [1.165, 1.54) is 47.4 Å². The van der Waals surface area contributed by atoms with Gasteiger partial charge in [-0.2, -0.15) is 26.3 Å². The predicted octanol–water partition coefficient (Wildman–Crippen LogP) is 4.97. The fourth-order valence-electron chi connectivity index (χ4n) is 3.30. The molecule has 1 aliphatic heterocycles. The molecular formula is C23H19F6NO3S. The molecule has 0 spiro atoms. The van der Waals surface area contributed by atoms with Gasteiger partial charge >= 0.3 is 12.4 Å². The van der Waals surface area contributed by atoms with Crippen LogP contribution < -0.4 is 0 Å². The third-order valence-electron chi connectivity index (χ3n) is 5.20. The van der Waals surface area contributed by atoms with Gasteiger partial charge in [-0.25, -0.2) is 8.42 Å². The van der Waals surface area contributed by atoms with Crippen molar-refractivity contribution in [2.75, 3.05) is 24.6 Å². The van der Waals surface area contributed by atoms with Gasteiger partial charge in [0.05, 0.1) is 22.6 Å². The Balaban J connectivity index is 1.90. The average molecular weight is 503 g/mol. The molecule has 1 amide bonds. The van der Waals surface area contributed by atoms with Crippen LogP contribution in [0.3, 0.4) is 0 Å². The Morgan fingerprint density at radius 2 is 1.18 bits per heavy atom. The first-order chi connectivity index (χ1) is 15.8. The molecule has 11 heteroatoms. The zero-order valence-electron chi connectivity index (χ0n) is 17.5. The number of hydrogen-bond acceptors (Lipinski definition) is 3. The Hall–Kier alpha value is -3.08. The summed E-state index contributed by atoms with van der Waals surface area (Å²) in [6, 6.07) is 8.20. The van der Waals surface area contributed by atoms with Crippen molar-refractivity contribution in [2.24, 2.45) is 0 Å². The second kappa shape index (κ2) is 9.65. The number of amides is 1. The number of halogens is 6. The van der Waals surface area contributed by atoms with E-state index in [0.717, 1.165) is 24.3 Å². The summed E-state index contributed by atoms with van der Waals surface area (Å²) in [4.78, 5) is 13.7. The number of hydrogen-bond donors (Lipinski definition) is 0. The molecule has 4 nitrogen and oxygen atoms in total. The van der Waals surface area contributed by atoms with E-state index >= 15 is 0 Å². The van der Waals surface area contributed by atoms with Crippen molar-refractivity contribution in [2.45, 2.75) is 12.4 Å². The number of nitrogens with zero attached hydrogens (tertiary/aromatic N) is 1. The molecule has 3 rings (SSSR count). The lowest BCUT2D eigenvalue weighted by Gasteiger charge is -2.25. The van der Waals surface area contributed by atoms with Crippen molar-refractivity contribution in [1.29, 1.82) is 0 Å². The highest BCUT2D eigenvalue weighted by Gasteiger charge is 2.31. The zero-order valence-corrected chi connectivity index (χ0v) is 18.3. The standard InChI is InChI=1S/C23H19F6NO3S/c24-22(25,26)18-8-4-16(5-9-18)20(17-6-10-19(11-7-17)23(27,28)29)2-1-3-21(31)30-12-14-34(32,33)15-13-30/h1-11H,12-15H2. The van der Waals surface area contributed by atoms with Crippen LogP contribution in [0, 0.1) is 0 Å². The predicted molar refractivity (Wildman–Crippen MR) is 114 cm³/mol. The first kappa shape index (κ1) is 25.5. The topological polar surface area (TPSA) is 54.5 Å². The highest BCUT2D eigenvalue weighted by molar-refractivity contribution is 7.91. The summed E-state index contributed by atoms with van der Waals surface area (Å²) in [5.74, 6) is -0.749. The molecule has 0 bridgehead atoms. The van der Waals surface area contributed by atoms with Crippen LogP contribution in [0.5, 0.6) is 0 Å². The largest absolute Gasteiger partial charge is 0.416 e. The van der Waals surface area contributed by atoms with Crippen molar-refractivity contribution < 1.29 is 39.6 Å². The Labute approximate surface area is 192 Å². The Morgan fingerprint density at radius 1 is 0.765 bits per heavy atom. The van der Waals surface area contributed by atoms with Crippen LogP contribution >= 0.6 is 0 Å². The van der Waals surface area contributed by atoms with Crippen molar-refractivity contribution in [3.05, 3.63) is 89.0 Å². The maximum Gasteiger partial charge on any atom is 0.416 e. The summed E-state index contributed by atoms with van der Waals surface area (Å²) >= 11 is 0. The maximum absolute atomic E-state index is 12.9. The summed E-state index contributed by atoms with van der Waals surface area (Å²) in [6.07, 6.45) is -5.19. The zero-order chi connectivity index (χ0) is 25.1. The van der Waals surface area contributed by atoms with Gasteiger partial charge in [-0.15, -0.1) is 0 Å². The molecule has 0 radical (unpaired) electrons. The quantitative estimate of drug-likeness (QED) is 0.337. The molecular weight excluding hydrogens is 484 g/mol. The molecule has 1 fully saturated rings. The highest BCUT2D eigenvalue weighted by Crippen LogP contribution is 2.33. The van der Waals surface area contributed by atoms with Gasteiger partial charge in [-0.1, -0.05) is 36.4 Å². The van der Waals surface area contributed by atoms with E-state index in [0.29, 0.717) is 16.7 Å². The van der Waals surface area contributed by atoms with Gasteiger partial charge in [0.2, 0.25) is 5.91 Å². The Bertz CT molecular complexity index is 1120. The summed E-state index contributed by atoms with van der Waals surface area (Å²) in [7, 11) is -3.17. The second-order valence-corrected chi connectivity index (χ2v) is 9.87.